The second-order valence-electron chi connectivity index (χ2n) is 5.40. The Bertz CT molecular complexity index is 665. The molecule has 2 aromatic rings. The van der Waals surface area contributed by atoms with Gasteiger partial charge >= 0.3 is 0 Å². The molecule has 0 aromatic carbocycles. The number of nitrogens with zero attached hydrogens (tertiary/aromatic N) is 1. The summed E-state index contributed by atoms with van der Waals surface area (Å²) in [5, 5.41) is 12.5. The fourth-order valence-electron chi connectivity index (χ4n) is 2.22. The van der Waals surface area contributed by atoms with E-state index in [9.17, 15) is 9.90 Å². The number of hydrogen-bond donors (Lipinski definition) is 2. The van der Waals surface area contributed by atoms with Crippen molar-refractivity contribution in [1.29, 1.82) is 0 Å². The molecule has 0 amide bonds. The first-order valence-corrected chi connectivity index (χ1v) is 6.94. The maximum absolute atomic E-state index is 11.4. The van der Waals surface area contributed by atoms with Crippen LogP contribution in [0, 0.1) is 12.8 Å². The molecule has 0 fully saturated rings. The van der Waals surface area contributed by atoms with E-state index in [4.69, 9.17) is 4.42 Å². The van der Waals surface area contributed by atoms with Crippen LogP contribution in [0.1, 0.15) is 36.9 Å². The highest BCUT2D eigenvalue weighted by atomic mass is 16.4. The van der Waals surface area contributed by atoms with E-state index in [1.807, 2.05) is 19.1 Å². The van der Waals surface area contributed by atoms with Crippen molar-refractivity contribution in [2.24, 2.45) is 5.92 Å². The highest BCUT2D eigenvalue weighted by Crippen LogP contribution is 2.23. The van der Waals surface area contributed by atoms with E-state index in [-0.39, 0.29) is 11.8 Å². The van der Waals surface area contributed by atoms with Crippen molar-refractivity contribution < 1.29 is 9.52 Å². The molecule has 112 valence electrons. The first-order chi connectivity index (χ1) is 9.99. The molecule has 2 rings (SSSR count). The molecule has 5 heteroatoms. The first kappa shape index (κ1) is 15.3. The maximum Gasteiger partial charge on any atom is 0.226 e. The summed E-state index contributed by atoms with van der Waals surface area (Å²) in [6.07, 6.45) is 2.84. The van der Waals surface area contributed by atoms with Crippen molar-refractivity contribution in [3.63, 3.8) is 0 Å². The van der Waals surface area contributed by atoms with Crippen LogP contribution in [-0.2, 0) is 6.54 Å². The smallest absolute Gasteiger partial charge is 0.226 e. The van der Waals surface area contributed by atoms with E-state index in [2.05, 4.69) is 24.1 Å². The molecule has 0 spiro atoms. The molecule has 0 aliphatic rings. The Hall–Kier alpha value is -2.14. The van der Waals surface area contributed by atoms with Crippen molar-refractivity contribution in [3.05, 3.63) is 57.9 Å². The number of aromatic hydroxyl groups is 1. The molecule has 2 heterocycles. The van der Waals surface area contributed by atoms with Crippen LogP contribution in [0.2, 0.25) is 0 Å². The summed E-state index contributed by atoms with van der Waals surface area (Å²) < 4.78 is 5.20. The van der Waals surface area contributed by atoms with Gasteiger partial charge in [-0.3, -0.25) is 9.78 Å². The molecule has 0 aliphatic heterocycles. The summed E-state index contributed by atoms with van der Waals surface area (Å²) in [5.74, 6) is 0.444. The molecule has 5 nitrogen and oxygen atoms in total. The predicted octanol–water partition coefficient (Wildman–Crippen LogP) is 2.54. The van der Waals surface area contributed by atoms with Gasteiger partial charge in [-0.25, -0.2) is 0 Å². The fourth-order valence-corrected chi connectivity index (χ4v) is 2.22. The predicted molar refractivity (Wildman–Crippen MR) is 80.0 cm³/mol. The molecular weight excluding hydrogens is 268 g/mol. The molecule has 0 unspecified atom stereocenters. The lowest BCUT2D eigenvalue weighted by Crippen LogP contribution is -2.27. The van der Waals surface area contributed by atoms with Crippen LogP contribution in [-0.4, -0.2) is 10.1 Å². The quantitative estimate of drug-likeness (QED) is 0.884. The van der Waals surface area contributed by atoms with Gasteiger partial charge in [0, 0.05) is 12.3 Å². The number of hydrogen-bond acceptors (Lipinski definition) is 5. The van der Waals surface area contributed by atoms with Crippen LogP contribution in [0.3, 0.4) is 0 Å². The minimum absolute atomic E-state index is 0.0605. The lowest BCUT2D eigenvalue weighted by atomic mass is 9.97. The molecular formula is C16H20N2O3. The van der Waals surface area contributed by atoms with E-state index in [1.54, 1.807) is 6.20 Å². The van der Waals surface area contributed by atoms with Crippen molar-refractivity contribution in [3.8, 4) is 5.75 Å². The zero-order chi connectivity index (χ0) is 15.4. The van der Waals surface area contributed by atoms with Gasteiger partial charge in [0.25, 0.3) is 0 Å². The molecule has 0 radical (unpaired) electrons. The highest BCUT2D eigenvalue weighted by Gasteiger charge is 2.18. The second-order valence-corrected chi connectivity index (χ2v) is 5.40. The standard InChI is InChI=1S/C16H20N2O3/c1-10(2)15(16-11(3)5-4-6-17-16)18-8-12-7-13(19)14(20)9-21-12/h4-7,9-10,15,18,20H,8H2,1-3H3/t15-/m1/s1. The van der Waals surface area contributed by atoms with Crippen molar-refractivity contribution >= 4 is 0 Å². The topological polar surface area (TPSA) is 75.4 Å². The molecule has 0 bridgehead atoms. The summed E-state index contributed by atoms with van der Waals surface area (Å²) in [4.78, 5) is 15.8. The van der Waals surface area contributed by atoms with E-state index >= 15 is 0 Å². The number of aromatic nitrogens is 1. The molecule has 0 saturated heterocycles. The van der Waals surface area contributed by atoms with Crippen molar-refractivity contribution in [2.45, 2.75) is 33.4 Å². The summed E-state index contributed by atoms with van der Waals surface area (Å²) in [6.45, 7) is 6.64. The van der Waals surface area contributed by atoms with Gasteiger partial charge in [-0.2, -0.15) is 0 Å². The third kappa shape index (κ3) is 3.70. The van der Waals surface area contributed by atoms with Crippen molar-refractivity contribution in [1.82, 2.24) is 10.3 Å². The number of nitrogens with one attached hydrogen (secondary N) is 1. The lowest BCUT2D eigenvalue weighted by molar-refractivity contribution is 0.362. The third-order valence-electron chi connectivity index (χ3n) is 3.37. The van der Waals surface area contributed by atoms with Gasteiger partial charge in [0.1, 0.15) is 12.0 Å². The molecule has 2 aromatic heterocycles. The molecule has 0 aliphatic carbocycles. The average Bonchev–Trinajstić information content (AvgIpc) is 2.44. The number of aryl methyl sites for hydroxylation is 1. The number of pyridine rings is 1. The van der Waals surface area contributed by atoms with E-state index in [0.29, 0.717) is 18.2 Å². The number of rotatable bonds is 5. The van der Waals surface area contributed by atoms with Crippen LogP contribution in [0.25, 0.3) is 0 Å². The molecule has 21 heavy (non-hydrogen) atoms. The zero-order valence-electron chi connectivity index (χ0n) is 12.5. The van der Waals surface area contributed by atoms with Gasteiger partial charge in [-0.05, 0) is 24.5 Å². The Kier molecular flexibility index (Phi) is 4.75. The Morgan fingerprint density at radius 3 is 2.81 bits per heavy atom. The van der Waals surface area contributed by atoms with E-state index in [1.165, 1.54) is 6.07 Å². The fraction of sp³-hybridized carbons (Fsp3) is 0.375. The largest absolute Gasteiger partial charge is 0.502 e. The highest BCUT2D eigenvalue weighted by molar-refractivity contribution is 5.22. The van der Waals surface area contributed by atoms with E-state index in [0.717, 1.165) is 17.5 Å². The monoisotopic (exact) mass is 288 g/mol. The Labute approximate surface area is 123 Å². The van der Waals surface area contributed by atoms with Gasteiger partial charge in [-0.1, -0.05) is 19.9 Å². The van der Waals surface area contributed by atoms with Gasteiger partial charge in [-0.15, -0.1) is 0 Å². The summed E-state index contributed by atoms with van der Waals surface area (Å²) in [5.41, 5.74) is 1.68. The van der Waals surface area contributed by atoms with Crippen LogP contribution in [0.15, 0.2) is 39.9 Å². The third-order valence-corrected chi connectivity index (χ3v) is 3.37. The normalized spacial score (nSPS) is 12.6. The van der Waals surface area contributed by atoms with Crippen molar-refractivity contribution in [2.75, 3.05) is 0 Å². The Morgan fingerprint density at radius 2 is 2.19 bits per heavy atom. The minimum atomic E-state index is -0.437. The maximum atomic E-state index is 11.4. The molecule has 1 atom stereocenters. The van der Waals surface area contributed by atoms with Crippen LogP contribution in [0.4, 0.5) is 0 Å². The molecule has 0 saturated carbocycles. The van der Waals surface area contributed by atoms with Crippen LogP contribution in [0.5, 0.6) is 5.75 Å². The zero-order valence-corrected chi connectivity index (χ0v) is 12.5. The van der Waals surface area contributed by atoms with Crippen LogP contribution >= 0.6 is 0 Å². The van der Waals surface area contributed by atoms with Gasteiger partial charge in [0.2, 0.25) is 5.43 Å². The Balaban J connectivity index is 2.16. The summed E-state index contributed by atoms with van der Waals surface area (Å²) in [6, 6.07) is 5.30. The van der Waals surface area contributed by atoms with Gasteiger partial charge < -0.3 is 14.8 Å². The van der Waals surface area contributed by atoms with Gasteiger partial charge in [0.15, 0.2) is 5.75 Å². The second kappa shape index (κ2) is 6.54. The summed E-state index contributed by atoms with van der Waals surface area (Å²) in [7, 11) is 0. The molecule has 2 N–H and O–H groups in total. The lowest BCUT2D eigenvalue weighted by Gasteiger charge is -2.23. The van der Waals surface area contributed by atoms with E-state index < -0.39 is 5.43 Å². The average molecular weight is 288 g/mol. The summed E-state index contributed by atoms with van der Waals surface area (Å²) >= 11 is 0. The Morgan fingerprint density at radius 1 is 1.43 bits per heavy atom. The van der Waals surface area contributed by atoms with Gasteiger partial charge in [0.05, 0.1) is 18.3 Å². The SMILES string of the molecule is Cc1cccnc1[C@H](NCc1cc(=O)c(O)co1)C(C)C. The first-order valence-electron chi connectivity index (χ1n) is 6.94. The van der Waals surface area contributed by atoms with Crippen LogP contribution < -0.4 is 10.7 Å². The minimum Gasteiger partial charge on any atom is -0.502 e.